The number of piperidine rings is 1. The Balaban J connectivity index is 1.42. The van der Waals surface area contributed by atoms with E-state index in [1.165, 1.54) is 17.7 Å². The van der Waals surface area contributed by atoms with Crippen molar-refractivity contribution in [3.05, 3.63) is 77.6 Å². The number of halogens is 2. The largest absolute Gasteiger partial charge is 0.354 e. The third kappa shape index (κ3) is 5.43. The summed E-state index contributed by atoms with van der Waals surface area (Å²) in [6.07, 6.45) is 4.92. The molecule has 166 valence electrons. The lowest BCUT2D eigenvalue weighted by Gasteiger charge is -2.33. The third-order valence-electron chi connectivity index (χ3n) is 5.44. The second kappa shape index (κ2) is 10.1. The van der Waals surface area contributed by atoms with Gasteiger partial charge in [0.05, 0.1) is 5.92 Å². The zero-order valence-electron chi connectivity index (χ0n) is 17.7. The molecule has 0 radical (unpaired) electrons. The van der Waals surface area contributed by atoms with Crippen molar-refractivity contribution in [1.29, 1.82) is 0 Å². The van der Waals surface area contributed by atoms with Crippen LogP contribution in [0.25, 0.3) is 0 Å². The topological polar surface area (TPSA) is 58.1 Å². The highest BCUT2D eigenvalue weighted by Crippen LogP contribution is 2.34. The lowest BCUT2D eigenvalue weighted by molar-refractivity contribution is -0.125. The minimum Gasteiger partial charge on any atom is -0.354 e. The van der Waals surface area contributed by atoms with Gasteiger partial charge in [-0.1, -0.05) is 35.5 Å². The van der Waals surface area contributed by atoms with Crippen LogP contribution in [0.1, 0.15) is 24.0 Å². The monoisotopic (exact) mass is 454 g/mol. The highest BCUT2D eigenvalue weighted by molar-refractivity contribution is 7.99. The van der Waals surface area contributed by atoms with Gasteiger partial charge in [-0.15, -0.1) is 0 Å². The van der Waals surface area contributed by atoms with Crippen LogP contribution in [0, 0.1) is 24.5 Å². The van der Waals surface area contributed by atoms with Crippen LogP contribution in [0.4, 0.5) is 14.6 Å². The molecule has 2 aromatic carbocycles. The summed E-state index contributed by atoms with van der Waals surface area (Å²) in [5.41, 5.74) is 1.46. The van der Waals surface area contributed by atoms with Gasteiger partial charge in [0.2, 0.25) is 5.91 Å². The number of nitrogens with zero attached hydrogens (tertiary/aromatic N) is 3. The summed E-state index contributed by atoms with van der Waals surface area (Å²) < 4.78 is 26.9. The number of amides is 1. The third-order valence-corrected chi connectivity index (χ3v) is 6.43. The van der Waals surface area contributed by atoms with Gasteiger partial charge in [-0.2, -0.15) is 0 Å². The molecule has 32 heavy (non-hydrogen) atoms. The molecule has 0 saturated carbocycles. The van der Waals surface area contributed by atoms with Crippen molar-refractivity contribution in [2.45, 2.75) is 36.2 Å². The van der Waals surface area contributed by atoms with Crippen molar-refractivity contribution in [3.63, 3.8) is 0 Å². The fraction of sp³-hybridized carbons (Fsp3) is 0.292. The first-order valence-electron chi connectivity index (χ1n) is 10.5. The molecule has 0 bridgehead atoms. The molecule has 0 unspecified atom stereocenters. The molecule has 5 nitrogen and oxygen atoms in total. The fourth-order valence-corrected chi connectivity index (χ4v) is 4.58. The summed E-state index contributed by atoms with van der Waals surface area (Å²) in [6.45, 7) is 3.38. The minimum atomic E-state index is -0.659. The van der Waals surface area contributed by atoms with E-state index in [9.17, 15) is 13.6 Å². The molecular formula is C24H24F2N4OS. The summed E-state index contributed by atoms with van der Waals surface area (Å²) >= 11 is 1.55. The number of aromatic nitrogens is 2. The van der Waals surface area contributed by atoms with Gasteiger partial charge in [-0.05, 0) is 38.0 Å². The van der Waals surface area contributed by atoms with E-state index in [0.717, 1.165) is 41.2 Å². The number of nitrogens with one attached hydrogen (secondary N) is 1. The van der Waals surface area contributed by atoms with Crippen LogP contribution in [0.3, 0.4) is 0 Å². The average molecular weight is 455 g/mol. The molecule has 2 heterocycles. The quantitative estimate of drug-likeness (QED) is 0.583. The normalized spacial score (nSPS) is 16.1. The second-order valence-corrected chi connectivity index (χ2v) is 8.90. The van der Waals surface area contributed by atoms with Crippen molar-refractivity contribution in [3.8, 4) is 0 Å². The van der Waals surface area contributed by atoms with E-state index in [1.54, 1.807) is 24.2 Å². The Labute approximate surface area is 190 Å². The molecule has 1 atom stereocenters. The summed E-state index contributed by atoms with van der Waals surface area (Å²) in [5.74, 6) is -0.918. The number of hydrogen-bond donors (Lipinski definition) is 1. The summed E-state index contributed by atoms with van der Waals surface area (Å²) in [4.78, 5) is 25.0. The minimum absolute atomic E-state index is 0.0289. The van der Waals surface area contributed by atoms with E-state index >= 15 is 0 Å². The van der Waals surface area contributed by atoms with Gasteiger partial charge in [-0.25, -0.2) is 18.7 Å². The Kier molecular flexibility index (Phi) is 6.99. The number of benzene rings is 2. The standard InChI is InChI=1S/C24H24F2N4OS/c1-16-4-8-20(9-5-16)32-24-22(27-10-11-28-24)30-12-2-3-18(15-30)23(31)29-14-17-6-7-19(25)13-21(17)26/h4-11,13,18H,2-3,12,14-15H2,1H3,(H,29,31)/t18-/m0/s1. The molecule has 1 aliphatic rings. The molecule has 1 aromatic heterocycles. The SMILES string of the molecule is Cc1ccc(Sc2nccnc2N2CCC[C@H](C(=O)NCc3ccc(F)cc3F)C2)cc1. The first kappa shape index (κ1) is 22.2. The number of carbonyl (C=O) groups excluding carboxylic acids is 1. The Hall–Kier alpha value is -3.00. The van der Waals surface area contributed by atoms with E-state index in [2.05, 4.69) is 44.5 Å². The highest BCUT2D eigenvalue weighted by Gasteiger charge is 2.28. The lowest BCUT2D eigenvalue weighted by atomic mass is 9.97. The number of aryl methyl sites for hydroxylation is 1. The molecule has 0 spiro atoms. The molecule has 1 amide bonds. The van der Waals surface area contributed by atoms with E-state index in [4.69, 9.17) is 0 Å². The van der Waals surface area contributed by atoms with E-state index in [-0.39, 0.29) is 23.9 Å². The zero-order chi connectivity index (χ0) is 22.5. The maximum absolute atomic E-state index is 13.9. The Morgan fingerprint density at radius 2 is 1.94 bits per heavy atom. The van der Waals surface area contributed by atoms with Crippen LogP contribution in [0.15, 0.2) is 64.8 Å². The van der Waals surface area contributed by atoms with Crippen molar-refractivity contribution in [2.75, 3.05) is 18.0 Å². The molecule has 4 rings (SSSR count). The molecule has 0 aliphatic carbocycles. The van der Waals surface area contributed by atoms with E-state index in [1.807, 2.05) is 6.92 Å². The maximum Gasteiger partial charge on any atom is 0.225 e. The fourth-order valence-electron chi connectivity index (χ4n) is 3.70. The second-order valence-electron chi connectivity index (χ2n) is 7.84. The smallest absolute Gasteiger partial charge is 0.225 e. The molecule has 1 aliphatic heterocycles. The Morgan fingerprint density at radius 1 is 1.16 bits per heavy atom. The van der Waals surface area contributed by atoms with Gasteiger partial charge in [0.15, 0.2) is 5.82 Å². The van der Waals surface area contributed by atoms with E-state index < -0.39 is 11.6 Å². The van der Waals surface area contributed by atoms with Crippen LogP contribution in [-0.2, 0) is 11.3 Å². The van der Waals surface area contributed by atoms with Crippen LogP contribution in [0.2, 0.25) is 0 Å². The van der Waals surface area contributed by atoms with Gasteiger partial charge < -0.3 is 10.2 Å². The summed E-state index contributed by atoms with van der Waals surface area (Å²) in [7, 11) is 0. The van der Waals surface area contributed by atoms with Crippen molar-refractivity contribution in [2.24, 2.45) is 5.92 Å². The molecule has 1 fully saturated rings. The van der Waals surface area contributed by atoms with Crippen molar-refractivity contribution in [1.82, 2.24) is 15.3 Å². The van der Waals surface area contributed by atoms with Gasteiger partial charge in [0.25, 0.3) is 0 Å². The average Bonchev–Trinajstić information content (AvgIpc) is 2.80. The number of rotatable bonds is 6. The highest BCUT2D eigenvalue weighted by atomic mass is 32.2. The van der Waals surface area contributed by atoms with Crippen LogP contribution < -0.4 is 10.2 Å². The molecular weight excluding hydrogens is 430 g/mol. The molecule has 1 N–H and O–H groups in total. The van der Waals surface area contributed by atoms with Crippen molar-refractivity contribution < 1.29 is 13.6 Å². The number of hydrogen-bond acceptors (Lipinski definition) is 5. The molecule has 8 heteroatoms. The van der Waals surface area contributed by atoms with Gasteiger partial charge in [0.1, 0.15) is 16.7 Å². The van der Waals surface area contributed by atoms with E-state index in [0.29, 0.717) is 6.54 Å². The summed E-state index contributed by atoms with van der Waals surface area (Å²) in [6, 6.07) is 11.6. The first-order chi connectivity index (χ1) is 15.5. The van der Waals surface area contributed by atoms with Gasteiger partial charge in [-0.3, -0.25) is 4.79 Å². The molecule has 1 saturated heterocycles. The Bertz CT molecular complexity index is 1090. The van der Waals surface area contributed by atoms with Crippen molar-refractivity contribution >= 4 is 23.5 Å². The van der Waals surface area contributed by atoms with Crippen LogP contribution in [0.5, 0.6) is 0 Å². The predicted octanol–water partition coefficient (Wildman–Crippen LogP) is 4.75. The lowest BCUT2D eigenvalue weighted by Crippen LogP contribution is -2.43. The summed E-state index contributed by atoms with van der Waals surface area (Å²) in [5, 5.41) is 3.59. The van der Waals surface area contributed by atoms with Gasteiger partial charge in [0, 0.05) is 48.6 Å². The maximum atomic E-state index is 13.9. The Morgan fingerprint density at radius 3 is 2.72 bits per heavy atom. The number of anilines is 1. The number of carbonyl (C=O) groups is 1. The van der Waals surface area contributed by atoms with Gasteiger partial charge >= 0.3 is 0 Å². The van der Waals surface area contributed by atoms with Crippen LogP contribution >= 0.6 is 11.8 Å². The zero-order valence-corrected chi connectivity index (χ0v) is 18.5. The first-order valence-corrected chi connectivity index (χ1v) is 11.3. The van der Waals surface area contributed by atoms with Crippen LogP contribution in [-0.4, -0.2) is 29.0 Å². The predicted molar refractivity (Wildman–Crippen MR) is 120 cm³/mol. The molecule has 3 aromatic rings.